The molecule has 0 saturated carbocycles. The van der Waals surface area contributed by atoms with E-state index < -0.39 is 0 Å². The zero-order valence-corrected chi connectivity index (χ0v) is 11.8. The van der Waals surface area contributed by atoms with Crippen molar-refractivity contribution < 1.29 is 14.3 Å². The van der Waals surface area contributed by atoms with E-state index >= 15 is 0 Å². The van der Waals surface area contributed by atoms with Gasteiger partial charge in [0.1, 0.15) is 0 Å². The summed E-state index contributed by atoms with van der Waals surface area (Å²) in [5.74, 6) is 0.121. The minimum Gasteiger partial charge on any atom is -0.353 e. The highest BCUT2D eigenvalue weighted by atomic mass is 16.7. The number of amides is 1. The van der Waals surface area contributed by atoms with Crippen LogP contribution in [0.25, 0.3) is 0 Å². The van der Waals surface area contributed by atoms with E-state index in [-0.39, 0.29) is 18.3 Å². The van der Waals surface area contributed by atoms with Gasteiger partial charge in [0.25, 0.3) is 0 Å². The molecule has 1 aliphatic heterocycles. The van der Waals surface area contributed by atoms with E-state index in [2.05, 4.69) is 0 Å². The Morgan fingerprint density at radius 2 is 2.26 bits per heavy atom. The quantitative estimate of drug-likeness (QED) is 0.765. The smallest absolute Gasteiger partial charge is 0.249 e. The molecule has 0 aromatic rings. The fourth-order valence-electron chi connectivity index (χ4n) is 2.46. The predicted molar refractivity (Wildman–Crippen MR) is 73.6 cm³/mol. The summed E-state index contributed by atoms with van der Waals surface area (Å²) in [4.78, 5) is 14.1. The number of carbonyl (C=O) groups is 1. The summed E-state index contributed by atoms with van der Waals surface area (Å²) in [7, 11) is 0. The van der Waals surface area contributed by atoms with E-state index in [0.29, 0.717) is 6.42 Å². The third-order valence-corrected chi connectivity index (χ3v) is 3.58. The van der Waals surface area contributed by atoms with E-state index in [9.17, 15) is 4.79 Å². The second-order valence-electron chi connectivity index (χ2n) is 4.88. The van der Waals surface area contributed by atoms with Crippen LogP contribution in [0.3, 0.4) is 0 Å². The van der Waals surface area contributed by atoms with Crippen molar-refractivity contribution in [3.63, 3.8) is 0 Å². The van der Waals surface area contributed by atoms with Gasteiger partial charge in [-0.2, -0.15) is 0 Å². The first-order valence-electron chi connectivity index (χ1n) is 7.18. The maximum Gasteiger partial charge on any atom is 0.249 e. The summed E-state index contributed by atoms with van der Waals surface area (Å²) < 4.78 is 11.3. The molecule has 4 heteroatoms. The standard InChI is InChI=1S/C15H23NO3/c1-3-16(4-2)15(17)12-7-5-8-13(11-12)19-14-9-6-10-18-14/h5,7-8,13-14H,3-4,6,9-11H2,1-2H3. The lowest BCUT2D eigenvalue weighted by molar-refractivity contribution is -0.135. The first kappa shape index (κ1) is 14.3. The van der Waals surface area contributed by atoms with Crippen molar-refractivity contribution in [1.82, 2.24) is 4.90 Å². The molecule has 2 unspecified atom stereocenters. The molecule has 4 nitrogen and oxygen atoms in total. The Hall–Kier alpha value is -1.13. The number of allylic oxidation sites excluding steroid dienone is 2. The van der Waals surface area contributed by atoms with Gasteiger partial charge in [0.05, 0.1) is 6.10 Å². The summed E-state index contributed by atoms with van der Waals surface area (Å²) >= 11 is 0. The Bertz CT molecular complexity index is 366. The normalized spacial score (nSPS) is 26.3. The van der Waals surface area contributed by atoms with Gasteiger partial charge in [0.2, 0.25) is 5.91 Å². The molecule has 0 N–H and O–H groups in total. The average Bonchev–Trinajstić information content (AvgIpc) is 2.93. The Labute approximate surface area is 115 Å². The molecule has 2 rings (SSSR count). The summed E-state index contributed by atoms with van der Waals surface area (Å²) in [5.41, 5.74) is 0.828. The number of hydrogen-bond donors (Lipinski definition) is 0. The highest BCUT2D eigenvalue weighted by Gasteiger charge is 2.24. The summed E-state index contributed by atoms with van der Waals surface area (Å²) in [5, 5.41) is 0. The molecule has 106 valence electrons. The van der Waals surface area contributed by atoms with Crippen LogP contribution < -0.4 is 0 Å². The van der Waals surface area contributed by atoms with E-state index in [4.69, 9.17) is 9.47 Å². The molecule has 0 spiro atoms. The molecule has 1 aliphatic carbocycles. The average molecular weight is 265 g/mol. The molecule has 19 heavy (non-hydrogen) atoms. The molecule has 0 bridgehead atoms. The number of hydrogen-bond acceptors (Lipinski definition) is 3. The summed E-state index contributed by atoms with van der Waals surface area (Å²) in [6, 6.07) is 0. The number of ether oxygens (including phenoxy) is 2. The van der Waals surface area contributed by atoms with Crippen molar-refractivity contribution in [1.29, 1.82) is 0 Å². The summed E-state index contributed by atoms with van der Waals surface area (Å²) in [6.07, 6.45) is 8.33. The van der Waals surface area contributed by atoms with Gasteiger partial charge in [0.15, 0.2) is 6.29 Å². The molecule has 2 aliphatic rings. The third-order valence-electron chi connectivity index (χ3n) is 3.58. The molecule has 2 atom stereocenters. The highest BCUT2D eigenvalue weighted by molar-refractivity contribution is 5.94. The van der Waals surface area contributed by atoms with Crippen LogP contribution in [0.15, 0.2) is 23.8 Å². The Balaban J connectivity index is 1.91. The van der Waals surface area contributed by atoms with Crippen LogP contribution >= 0.6 is 0 Å². The molecule has 0 aromatic carbocycles. The zero-order valence-electron chi connectivity index (χ0n) is 11.8. The van der Waals surface area contributed by atoms with E-state index in [1.54, 1.807) is 0 Å². The maximum absolute atomic E-state index is 12.3. The Kier molecular flexibility index (Phi) is 5.16. The van der Waals surface area contributed by atoms with Crippen molar-refractivity contribution in [2.24, 2.45) is 0 Å². The number of likely N-dealkylation sites (N-methyl/N-ethyl adjacent to an activating group) is 1. The van der Waals surface area contributed by atoms with E-state index in [1.807, 2.05) is 37.0 Å². The van der Waals surface area contributed by atoms with Crippen LogP contribution in [0.2, 0.25) is 0 Å². The van der Waals surface area contributed by atoms with Gasteiger partial charge in [-0.15, -0.1) is 0 Å². The molecule has 0 aromatic heterocycles. The number of nitrogens with zero attached hydrogens (tertiary/aromatic N) is 1. The van der Waals surface area contributed by atoms with Crippen molar-refractivity contribution >= 4 is 5.91 Å². The van der Waals surface area contributed by atoms with Gasteiger partial charge >= 0.3 is 0 Å². The minimum absolute atomic E-state index is 0.0392. The van der Waals surface area contributed by atoms with Crippen LogP contribution in [-0.4, -0.2) is 42.9 Å². The van der Waals surface area contributed by atoms with Gasteiger partial charge in [-0.05, 0) is 20.3 Å². The molecule has 1 saturated heterocycles. The SMILES string of the molecule is CCN(CC)C(=O)C1=CC=CC(OC2CCCO2)C1. The number of carbonyl (C=O) groups excluding carboxylic acids is 1. The topological polar surface area (TPSA) is 38.8 Å². The second kappa shape index (κ2) is 6.87. The van der Waals surface area contributed by atoms with Crippen LogP contribution in [0.1, 0.15) is 33.1 Å². The van der Waals surface area contributed by atoms with Crippen molar-refractivity contribution in [3.8, 4) is 0 Å². The molecule has 1 heterocycles. The van der Waals surface area contributed by atoms with Crippen LogP contribution in [-0.2, 0) is 14.3 Å². The first-order chi connectivity index (χ1) is 9.24. The zero-order chi connectivity index (χ0) is 13.7. The van der Waals surface area contributed by atoms with Crippen LogP contribution in [0.5, 0.6) is 0 Å². The minimum atomic E-state index is -0.0995. The first-order valence-corrected chi connectivity index (χ1v) is 7.18. The maximum atomic E-state index is 12.3. The van der Waals surface area contributed by atoms with Gasteiger partial charge in [-0.25, -0.2) is 0 Å². The van der Waals surface area contributed by atoms with E-state index in [0.717, 1.165) is 38.1 Å². The van der Waals surface area contributed by atoms with Crippen LogP contribution in [0, 0.1) is 0 Å². The lowest BCUT2D eigenvalue weighted by Gasteiger charge is -2.25. The number of rotatable bonds is 5. The fraction of sp³-hybridized carbons (Fsp3) is 0.667. The molecular formula is C15H23NO3. The van der Waals surface area contributed by atoms with Crippen molar-refractivity contribution in [2.75, 3.05) is 19.7 Å². The van der Waals surface area contributed by atoms with Gasteiger partial charge < -0.3 is 14.4 Å². The molecule has 0 radical (unpaired) electrons. The Morgan fingerprint density at radius 3 is 2.89 bits per heavy atom. The fourth-order valence-corrected chi connectivity index (χ4v) is 2.46. The summed E-state index contributed by atoms with van der Waals surface area (Å²) in [6.45, 7) is 6.27. The van der Waals surface area contributed by atoms with Crippen molar-refractivity contribution in [2.45, 2.75) is 45.5 Å². The predicted octanol–water partition coefficient (Wildman–Crippen LogP) is 2.26. The Morgan fingerprint density at radius 1 is 1.47 bits per heavy atom. The lowest BCUT2D eigenvalue weighted by atomic mass is 10.0. The van der Waals surface area contributed by atoms with Gasteiger partial charge in [-0.1, -0.05) is 18.2 Å². The lowest BCUT2D eigenvalue weighted by Crippen LogP contribution is -2.34. The molecule has 1 amide bonds. The molecule has 1 fully saturated rings. The van der Waals surface area contributed by atoms with Crippen molar-refractivity contribution in [3.05, 3.63) is 23.8 Å². The van der Waals surface area contributed by atoms with E-state index in [1.165, 1.54) is 0 Å². The van der Waals surface area contributed by atoms with Crippen LogP contribution in [0.4, 0.5) is 0 Å². The largest absolute Gasteiger partial charge is 0.353 e. The highest BCUT2D eigenvalue weighted by Crippen LogP contribution is 2.22. The van der Waals surface area contributed by atoms with Gasteiger partial charge in [0, 0.05) is 38.1 Å². The third kappa shape index (κ3) is 3.67. The van der Waals surface area contributed by atoms with Gasteiger partial charge in [-0.3, -0.25) is 4.79 Å². The molecular weight excluding hydrogens is 242 g/mol. The second-order valence-corrected chi connectivity index (χ2v) is 4.88. The monoisotopic (exact) mass is 265 g/mol.